The molecule has 0 saturated heterocycles. The number of anilines is 1. The molecule has 1 aromatic carbocycles. The van der Waals surface area contributed by atoms with Gasteiger partial charge in [0, 0.05) is 17.1 Å². The molecule has 1 aromatic heterocycles. The van der Waals surface area contributed by atoms with Gasteiger partial charge in [0.2, 0.25) is 5.88 Å². The van der Waals surface area contributed by atoms with Crippen molar-refractivity contribution in [2.45, 2.75) is 27.4 Å². The van der Waals surface area contributed by atoms with E-state index in [1.165, 1.54) is 0 Å². The molecule has 0 aliphatic carbocycles. The van der Waals surface area contributed by atoms with E-state index in [0.29, 0.717) is 36.5 Å². The number of hydrogen-bond acceptors (Lipinski definition) is 5. The third-order valence-corrected chi connectivity index (χ3v) is 4.09. The molecule has 2 aromatic rings. The van der Waals surface area contributed by atoms with E-state index in [1.54, 1.807) is 6.07 Å². The summed E-state index contributed by atoms with van der Waals surface area (Å²) < 4.78 is 12.2. The van der Waals surface area contributed by atoms with Crippen molar-refractivity contribution in [2.75, 3.05) is 12.3 Å². The zero-order valence-electron chi connectivity index (χ0n) is 12.3. The minimum atomic E-state index is 0.316. The Morgan fingerprint density at radius 3 is 2.43 bits per heavy atom. The summed E-state index contributed by atoms with van der Waals surface area (Å²) in [6, 6.07) is 5.48. The number of rotatable bonds is 5. The van der Waals surface area contributed by atoms with Crippen molar-refractivity contribution in [3.05, 3.63) is 39.6 Å². The van der Waals surface area contributed by atoms with Gasteiger partial charge in [0.1, 0.15) is 18.2 Å². The standard InChI is InChI=1S/C15H18BrN3O2/c1-4-20-8-13-18-12(17)7-14(19-13)21-11-5-9(2)15(16)10(3)6-11/h5-7H,4,8H2,1-3H3,(H2,17,18,19). The largest absolute Gasteiger partial charge is 0.439 e. The van der Waals surface area contributed by atoms with Crippen LogP contribution >= 0.6 is 15.9 Å². The molecule has 0 saturated carbocycles. The molecule has 2 rings (SSSR count). The molecule has 0 aliphatic heterocycles. The first-order valence-electron chi connectivity index (χ1n) is 6.65. The summed E-state index contributed by atoms with van der Waals surface area (Å²) in [6.45, 7) is 6.85. The molecule has 0 fully saturated rings. The number of nitrogen functional groups attached to an aromatic ring is 1. The van der Waals surface area contributed by atoms with E-state index in [4.69, 9.17) is 15.2 Å². The molecule has 1 heterocycles. The monoisotopic (exact) mass is 351 g/mol. The zero-order chi connectivity index (χ0) is 15.4. The number of nitrogens with zero attached hydrogens (tertiary/aromatic N) is 2. The van der Waals surface area contributed by atoms with E-state index < -0.39 is 0 Å². The number of aromatic nitrogens is 2. The minimum Gasteiger partial charge on any atom is -0.439 e. The predicted octanol–water partition coefficient (Wildman–Crippen LogP) is 3.77. The van der Waals surface area contributed by atoms with Gasteiger partial charge in [-0.1, -0.05) is 15.9 Å². The van der Waals surface area contributed by atoms with Crippen LogP contribution in [0.2, 0.25) is 0 Å². The van der Waals surface area contributed by atoms with Crippen molar-refractivity contribution in [1.82, 2.24) is 9.97 Å². The number of halogens is 1. The van der Waals surface area contributed by atoms with Gasteiger partial charge in [-0.3, -0.25) is 0 Å². The first-order chi connectivity index (χ1) is 9.99. The third-order valence-electron chi connectivity index (χ3n) is 2.84. The fourth-order valence-corrected chi connectivity index (χ4v) is 2.12. The van der Waals surface area contributed by atoms with Gasteiger partial charge in [-0.2, -0.15) is 4.98 Å². The summed E-state index contributed by atoms with van der Waals surface area (Å²) >= 11 is 3.53. The third kappa shape index (κ3) is 4.15. The van der Waals surface area contributed by atoms with Crippen LogP contribution in [0, 0.1) is 13.8 Å². The lowest BCUT2D eigenvalue weighted by atomic mass is 10.1. The molecule has 0 radical (unpaired) electrons. The summed E-state index contributed by atoms with van der Waals surface area (Å²) in [5.41, 5.74) is 7.97. The second kappa shape index (κ2) is 6.87. The lowest BCUT2D eigenvalue weighted by Gasteiger charge is -2.10. The second-order valence-electron chi connectivity index (χ2n) is 4.66. The van der Waals surface area contributed by atoms with Crippen LogP contribution < -0.4 is 10.5 Å². The molecule has 2 N–H and O–H groups in total. The first-order valence-corrected chi connectivity index (χ1v) is 7.44. The van der Waals surface area contributed by atoms with Gasteiger partial charge in [0.15, 0.2) is 5.82 Å². The van der Waals surface area contributed by atoms with Crippen LogP contribution in [-0.2, 0) is 11.3 Å². The van der Waals surface area contributed by atoms with E-state index in [0.717, 1.165) is 15.6 Å². The highest BCUT2D eigenvalue weighted by Crippen LogP contribution is 2.29. The summed E-state index contributed by atoms with van der Waals surface area (Å²) in [5, 5.41) is 0. The Morgan fingerprint density at radius 2 is 1.81 bits per heavy atom. The lowest BCUT2D eigenvalue weighted by molar-refractivity contribution is 0.128. The van der Waals surface area contributed by atoms with Crippen LogP contribution in [0.3, 0.4) is 0 Å². The zero-order valence-corrected chi connectivity index (χ0v) is 13.9. The van der Waals surface area contributed by atoms with Crippen LogP contribution in [-0.4, -0.2) is 16.6 Å². The summed E-state index contributed by atoms with van der Waals surface area (Å²) in [6.07, 6.45) is 0. The van der Waals surface area contributed by atoms with Crippen molar-refractivity contribution < 1.29 is 9.47 Å². The Bertz CT molecular complexity index is 624. The molecule has 0 bridgehead atoms. The Hall–Kier alpha value is -1.66. The minimum absolute atomic E-state index is 0.316. The molecule has 0 amide bonds. The second-order valence-corrected chi connectivity index (χ2v) is 5.45. The van der Waals surface area contributed by atoms with E-state index in [9.17, 15) is 0 Å². The Morgan fingerprint density at radius 1 is 1.14 bits per heavy atom. The van der Waals surface area contributed by atoms with E-state index in [1.807, 2.05) is 32.9 Å². The van der Waals surface area contributed by atoms with E-state index in [2.05, 4.69) is 25.9 Å². The van der Waals surface area contributed by atoms with Gasteiger partial charge in [-0.25, -0.2) is 4.98 Å². The normalized spacial score (nSPS) is 10.7. The summed E-state index contributed by atoms with van der Waals surface area (Å²) in [4.78, 5) is 8.41. The number of hydrogen-bond donors (Lipinski definition) is 1. The topological polar surface area (TPSA) is 70.3 Å². The highest BCUT2D eigenvalue weighted by molar-refractivity contribution is 9.10. The fraction of sp³-hybridized carbons (Fsp3) is 0.333. The van der Waals surface area contributed by atoms with E-state index >= 15 is 0 Å². The van der Waals surface area contributed by atoms with Crippen LogP contribution in [0.5, 0.6) is 11.6 Å². The Balaban J connectivity index is 2.24. The predicted molar refractivity (Wildman–Crippen MR) is 85.5 cm³/mol. The van der Waals surface area contributed by atoms with Crippen molar-refractivity contribution in [1.29, 1.82) is 0 Å². The molecule has 0 unspecified atom stereocenters. The lowest BCUT2D eigenvalue weighted by Crippen LogP contribution is -2.03. The van der Waals surface area contributed by atoms with Gasteiger partial charge in [0.05, 0.1) is 0 Å². The summed E-state index contributed by atoms with van der Waals surface area (Å²) in [7, 11) is 0. The molecule has 112 valence electrons. The average molecular weight is 352 g/mol. The van der Waals surface area contributed by atoms with E-state index in [-0.39, 0.29) is 0 Å². The first kappa shape index (κ1) is 15.7. The van der Waals surface area contributed by atoms with Crippen molar-refractivity contribution in [2.24, 2.45) is 0 Å². The van der Waals surface area contributed by atoms with Crippen LogP contribution in [0.1, 0.15) is 23.9 Å². The van der Waals surface area contributed by atoms with Crippen LogP contribution in [0.15, 0.2) is 22.7 Å². The number of ether oxygens (including phenoxy) is 2. The molecular formula is C15H18BrN3O2. The quantitative estimate of drug-likeness (QED) is 0.887. The maximum Gasteiger partial charge on any atom is 0.224 e. The van der Waals surface area contributed by atoms with Gasteiger partial charge in [-0.15, -0.1) is 0 Å². The van der Waals surface area contributed by atoms with Gasteiger partial charge >= 0.3 is 0 Å². The van der Waals surface area contributed by atoms with Gasteiger partial charge in [-0.05, 0) is 44.0 Å². The average Bonchev–Trinajstić information content (AvgIpc) is 2.42. The van der Waals surface area contributed by atoms with Gasteiger partial charge < -0.3 is 15.2 Å². The molecule has 6 heteroatoms. The molecule has 21 heavy (non-hydrogen) atoms. The maximum atomic E-state index is 5.79. The van der Waals surface area contributed by atoms with Crippen molar-refractivity contribution >= 4 is 21.7 Å². The smallest absolute Gasteiger partial charge is 0.224 e. The maximum absolute atomic E-state index is 5.79. The fourth-order valence-electron chi connectivity index (χ4n) is 1.89. The number of aryl methyl sites for hydroxylation is 2. The highest BCUT2D eigenvalue weighted by atomic mass is 79.9. The number of nitrogens with two attached hydrogens (primary N) is 1. The Kier molecular flexibility index (Phi) is 5.14. The van der Waals surface area contributed by atoms with Crippen molar-refractivity contribution in [3.8, 4) is 11.6 Å². The van der Waals surface area contributed by atoms with Crippen LogP contribution in [0.25, 0.3) is 0 Å². The number of benzene rings is 1. The molecule has 5 nitrogen and oxygen atoms in total. The van der Waals surface area contributed by atoms with Crippen molar-refractivity contribution in [3.63, 3.8) is 0 Å². The molecular weight excluding hydrogens is 334 g/mol. The summed E-state index contributed by atoms with van der Waals surface area (Å²) in [5.74, 6) is 2.00. The molecule has 0 spiro atoms. The van der Waals surface area contributed by atoms with Gasteiger partial charge in [0.25, 0.3) is 0 Å². The van der Waals surface area contributed by atoms with Crippen LogP contribution in [0.4, 0.5) is 5.82 Å². The SMILES string of the molecule is CCOCc1nc(N)cc(Oc2cc(C)c(Br)c(C)c2)n1. The Labute approximate surface area is 132 Å². The molecule has 0 aliphatic rings. The molecule has 0 atom stereocenters. The highest BCUT2D eigenvalue weighted by Gasteiger charge is 2.08.